The Labute approximate surface area is 121 Å². The van der Waals surface area contributed by atoms with E-state index >= 15 is 0 Å². The van der Waals surface area contributed by atoms with E-state index < -0.39 is 0 Å². The maximum Gasteiger partial charge on any atom is 0.231 e. The molecule has 0 aromatic heterocycles. The van der Waals surface area contributed by atoms with Crippen molar-refractivity contribution in [3.63, 3.8) is 0 Å². The first-order chi connectivity index (χ1) is 9.72. The van der Waals surface area contributed by atoms with Crippen LogP contribution in [0.3, 0.4) is 0 Å². The molecule has 4 heteroatoms. The van der Waals surface area contributed by atoms with Crippen molar-refractivity contribution in [2.45, 2.75) is 32.7 Å². The van der Waals surface area contributed by atoms with Gasteiger partial charge in [0.1, 0.15) is 0 Å². The van der Waals surface area contributed by atoms with E-state index in [0.29, 0.717) is 18.8 Å². The molecule has 2 heterocycles. The third-order valence-electron chi connectivity index (χ3n) is 3.96. The Bertz CT molecular complexity index is 462. The molecule has 1 N–H and O–H groups in total. The van der Waals surface area contributed by atoms with Crippen LogP contribution in [-0.2, 0) is 0 Å². The first-order valence-electron chi connectivity index (χ1n) is 7.60. The number of rotatable bonds is 4. The fourth-order valence-electron chi connectivity index (χ4n) is 2.86. The topological polar surface area (TPSA) is 33.7 Å². The van der Waals surface area contributed by atoms with E-state index in [1.807, 2.05) is 6.07 Å². The predicted molar refractivity (Wildman–Crippen MR) is 80.6 cm³/mol. The van der Waals surface area contributed by atoms with Crippen LogP contribution in [0.1, 0.15) is 26.7 Å². The summed E-state index contributed by atoms with van der Waals surface area (Å²) >= 11 is 0. The number of hydrogen-bond acceptors (Lipinski definition) is 4. The van der Waals surface area contributed by atoms with Crippen LogP contribution in [-0.4, -0.2) is 32.5 Å². The van der Waals surface area contributed by atoms with Crippen molar-refractivity contribution in [1.82, 2.24) is 5.32 Å². The van der Waals surface area contributed by atoms with Crippen LogP contribution in [0, 0.1) is 5.92 Å². The van der Waals surface area contributed by atoms with E-state index in [-0.39, 0.29) is 0 Å². The van der Waals surface area contributed by atoms with Gasteiger partial charge in [-0.2, -0.15) is 0 Å². The minimum absolute atomic E-state index is 0.345. The largest absolute Gasteiger partial charge is 0.454 e. The van der Waals surface area contributed by atoms with Gasteiger partial charge in [0.15, 0.2) is 11.5 Å². The van der Waals surface area contributed by atoms with Crippen molar-refractivity contribution in [1.29, 1.82) is 0 Å². The number of nitrogens with zero attached hydrogens (tertiary/aromatic N) is 1. The summed E-state index contributed by atoms with van der Waals surface area (Å²) in [6.07, 6.45) is 2.51. The highest BCUT2D eigenvalue weighted by molar-refractivity contribution is 5.57. The Morgan fingerprint density at radius 1 is 1.30 bits per heavy atom. The summed E-state index contributed by atoms with van der Waals surface area (Å²) < 4.78 is 10.8. The monoisotopic (exact) mass is 276 g/mol. The molecule has 0 radical (unpaired) electrons. The molecular formula is C16H24N2O2. The van der Waals surface area contributed by atoms with E-state index in [9.17, 15) is 0 Å². The summed E-state index contributed by atoms with van der Waals surface area (Å²) in [6.45, 7) is 8.15. The normalized spacial score (nSPS) is 21.6. The van der Waals surface area contributed by atoms with Gasteiger partial charge in [-0.25, -0.2) is 0 Å². The van der Waals surface area contributed by atoms with Crippen molar-refractivity contribution >= 4 is 5.69 Å². The number of piperidine rings is 1. The molecule has 0 spiro atoms. The molecule has 1 saturated heterocycles. The molecule has 0 amide bonds. The average Bonchev–Trinajstić information content (AvgIpc) is 2.93. The van der Waals surface area contributed by atoms with Crippen molar-refractivity contribution < 1.29 is 9.47 Å². The van der Waals surface area contributed by atoms with Gasteiger partial charge in [-0.05, 0) is 37.4 Å². The molecule has 1 aromatic carbocycles. The Morgan fingerprint density at radius 2 is 2.15 bits per heavy atom. The fraction of sp³-hybridized carbons (Fsp3) is 0.625. The minimum Gasteiger partial charge on any atom is -0.454 e. The van der Waals surface area contributed by atoms with Crippen molar-refractivity contribution in [3.8, 4) is 11.5 Å². The zero-order chi connectivity index (χ0) is 13.9. The molecule has 0 bridgehead atoms. The first-order valence-corrected chi connectivity index (χ1v) is 7.60. The van der Waals surface area contributed by atoms with Crippen LogP contribution >= 0.6 is 0 Å². The first kappa shape index (κ1) is 13.6. The zero-order valence-corrected chi connectivity index (χ0v) is 12.4. The van der Waals surface area contributed by atoms with E-state index in [2.05, 4.69) is 36.2 Å². The molecule has 3 rings (SSSR count). The summed E-state index contributed by atoms with van der Waals surface area (Å²) in [5.74, 6) is 2.44. The second kappa shape index (κ2) is 5.92. The van der Waals surface area contributed by atoms with Crippen LogP contribution in [0.25, 0.3) is 0 Å². The van der Waals surface area contributed by atoms with E-state index in [1.165, 1.54) is 18.5 Å². The lowest BCUT2D eigenvalue weighted by molar-refractivity contribution is 0.174. The fourth-order valence-corrected chi connectivity index (χ4v) is 2.86. The maximum atomic E-state index is 5.47. The highest BCUT2D eigenvalue weighted by atomic mass is 16.7. The van der Waals surface area contributed by atoms with Crippen molar-refractivity contribution in [2.24, 2.45) is 5.92 Å². The lowest BCUT2D eigenvalue weighted by atomic mass is 10.0. The molecule has 1 aromatic rings. The smallest absolute Gasteiger partial charge is 0.231 e. The van der Waals surface area contributed by atoms with E-state index in [4.69, 9.17) is 9.47 Å². The van der Waals surface area contributed by atoms with Crippen molar-refractivity contribution in [3.05, 3.63) is 18.2 Å². The molecule has 2 aliphatic heterocycles. The third kappa shape index (κ3) is 3.01. The van der Waals surface area contributed by atoms with Gasteiger partial charge in [0, 0.05) is 30.9 Å². The SMILES string of the molecule is CC(C)CNC1CCCN(c2ccc3c(c2)OCO3)C1. The van der Waals surface area contributed by atoms with Crippen LogP contribution in [0.15, 0.2) is 18.2 Å². The number of anilines is 1. The van der Waals surface area contributed by atoms with E-state index in [1.54, 1.807) is 0 Å². The van der Waals surface area contributed by atoms with Crippen molar-refractivity contribution in [2.75, 3.05) is 31.3 Å². The Balaban J connectivity index is 1.64. The maximum absolute atomic E-state index is 5.47. The summed E-state index contributed by atoms with van der Waals surface area (Å²) in [5.41, 5.74) is 1.24. The lowest BCUT2D eigenvalue weighted by Gasteiger charge is -2.35. The Kier molecular flexibility index (Phi) is 4.01. The second-order valence-corrected chi connectivity index (χ2v) is 6.12. The molecule has 110 valence electrons. The minimum atomic E-state index is 0.345. The standard InChI is InChI=1S/C16H24N2O2/c1-12(2)9-17-13-4-3-7-18(10-13)14-5-6-15-16(8-14)20-11-19-15/h5-6,8,12-13,17H,3-4,7,9-11H2,1-2H3. The quantitative estimate of drug-likeness (QED) is 0.916. The average molecular weight is 276 g/mol. The highest BCUT2D eigenvalue weighted by Gasteiger charge is 2.22. The molecule has 1 atom stereocenters. The van der Waals surface area contributed by atoms with Crippen LogP contribution in [0.2, 0.25) is 0 Å². The number of fused-ring (bicyclic) bond motifs is 1. The zero-order valence-electron chi connectivity index (χ0n) is 12.4. The van der Waals surface area contributed by atoms with Gasteiger partial charge in [-0.1, -0.05) is 13.8 Å². The van der Waals surface area contributed by atoms with Crippen LogP contribution in [0.5, 0.6) is 11.5 Å². The van der Waals surface area contributed by atoms with Gasteiger partial charge in [0.25, 0.3) is 0 Å². The van der Waals surface area contributed by atoms with E-state index in [0.717, 1.165) is 31.1 Å². The third-order valence-corrected chi connectivity index (χ3v) is 3.96. The number of nitrogens with one attached hydrogen (secondary N) is 1. The molecule has 2 aliphatic rings. The Morgan fingerprint density at radius 3 is 3.00 bits per heavy atom. The molecule has 0 saturated carbocycles. The summed E-state index contributed by atoms with van der Waals surface area (Å²) in [7, 11) is 0. The van der Waals surface area contributed by atoms with Gasteiger partial charge < -0.3 is 19.7 Å². The van der Waals surface area contributed by atoms with Crippen LogP contribution < -0.4 is 19.7 Å². The molecule has 4 nitrogen and oxygen atoms in total. The molecule has 1 fully saturated rings. The molecule has 0 aliphatic carbocycles. The lowest BCUT2D eigenvalue weighted by Crippen LogP contribution is -2.46. The second-order valence-electron chi connectivity index (χ2n) is 6.12. The Hall–Kier alpha value is -1.42. The highest BCUT2D eigenvalue weighted by Crippen LogP contribution is 2.36. The molecule has 1 unspecified atom stereocenters. The van der Waals surface area contributed by atoms with Gasteiger partial charge in [0.2, 0.25) is 6.79 Å². The predicted octanol–water partition coefficient (Wildman–Crippen LogP) is 2.63. The molecule has 20 heavy (non-hydrogen) atoms. The van der Waals surface area contributed by atoms with Gasteiger partial charge in [-0.15, -0.1) is 0 Å². The molecular weight excluding hydrogens is 252 g/mol. The van der Waals surface area contributed by atoms with Gasteiger partial charge >= 0.3 is 0 Å². The number of benzene rings is 1. The number of ether oxygens (including phenoxy) is 2. The summed E-state index contributed by atoms with van der Waals surface area (Å²) in [4.78, 5) is 2.45. The van der Waals surface area contributed by atoms with Gasteiger partial charge in [0.05, 0.1) is 0 Å². The summed E-state index contributed by atoms with van der Waals surface area (Å²) in [6, 6.07) is 6.85. The summed E-state index contributed by atoms with van der Waals surface area (Å²) in [5, 5.41) is 3.68. The van der Waals surface area contributed by atoms with Gasteiger partial charge in [-0.3, -0.25) is 0 Å². The number of hydrogen-bond donors (Lipinski definition) is 1. The van der Waals surface area contributed by atoms with Crippen LogP contribution in [0.4, 0.5) is 5.69 Å².